The highest BCUT2D eigenvalue weighted by molar-refractivity contribution is 7.92. The third-order valence-corrected chi connectivity index (χ3v) is 6.88. The van der Waals surface area contributed by atoms with E-state index in [0.29, 0.717) is 24.3 Å². The van der Waals surface area contributed by atoms with Crippen LogP contribution in [0.5, 0.6) is 0 Å². The molecule has 0 aliphatic carbocycles. The summed E-state index contributed by atoms with van der Waals surface area (Å²) in [6.07, 6.45) is 2.58. The van der Waals surface area contributed by atoms with Gasteiger partial charge in [-0.2, -0.15) is 0 Å². The van der Waals surface area contributed by atoms with Crippen LogP contribution in [0.15, 0.2) is 47.4 Å². The molecule has 150 valence electrons. The molecule has 2 aromatic carbocycles. The molecule has 2 N–H and O–H groups in total. The van der Waals surface area contributed by atoms with E-state index in [4.69, 9.17) is 0 Å². The number of anilines is 3. The Bertz CT molecular complexity index is 1110. The topological polar surface area (TPSA) is 113 Å². The van der Waals surface area contributed by atoms with E-state index in [2.05, 4.69) is 10.0 Å². The molecule has 0 saturated carbocycles. The van der Waals surface area contributed by atoms with Crippen molar-refractivity contribution in [2.24, 2.45) is 0 Å². The van der Waals surface area contributed by atoms with Gasteiger partial charge in [0.25, 0.3) is 10.0 Å². The lowest BCUT2D eigenvalue weighted by molar-refractivity contribution is -0.114. The zero-order valence-corrected chi connectivity index (χ0v) is 17.1. The van der Waals surface area contributed by atoms with E-state index < -0.39 is 20.0 Å². The Hall–Kier alpha value is -2.59. The maximum absolute atomic E-state index is 12.7. The van der Waals surface area contributed by atoms with Crippen molar-refractivity contribution in [3.8, 4) is 0 Å². The predicted molar refractivity (Wildman–Crippen MR) is 109 cm³/mol. The molecule has 0 atom stereocenters. The van der Waals surface area contributed by atoms with E-state index in [-0.39, 0.29) is 16.5 Å². The molecule has 28 heavy (non-hydrogen) atoms. The molecule has 10 heteroatoms. The Morgan fingerprint density at radius 3 is 2.25 bits per heavy atom. The van der Waals surface area contributed by atoms with Gasteiger partial charge in [-0.1, -0.05) is 6.07 Å². The van der Waals surface area contributed by atoms with E-state index in [1.165, 1.54) is 35.5 Å². The van der Waals surface area contributed by atoms with Gasteiger partial charge in [-0.25, -0.2) is 16.8 Å². The quantitative estimate of drug-likeness (QED) is 0.765. The number of fused-ring (bicyclic) bond motifs is 1. The Balaban J connectivity index is 1.88. The van der Waals surface area contributed by atoms with Crippen molar-refractivity contribution in [3.05, 3.63) is 48.0 Å². The first kappa shape index (κ1) is 20.2. The number of sulfonamides is 2. The normalized spacial score (nSPS) is 14.3. The minimum absolute atomic E-state index is 0.0271. The van der Waals surface area contributed by atoms with Crippen LogP contribution in [0.1, 0.15) is 18.9 Å². The van der Waals surface area contributed by atoms with Crippen LogP contribution >= 0.6 is 0 Å². The van der Waals surface area contributed by atoms with E-state index in [0.717, 1.165) is 18.2 Å². The lowest BCUT2D eigenvalue weighted by Crippen LogP contribution is -2.34. The van der Waals surface area contributed by atoms with Gasteiger partial charge in [0.1, 0.15) is 0 Å². The van der Waals surface area contributed by atoms with Crippen LogP contribution in [0.4, 0.5) is 17.1 Å². The van der Waals surface area contributed by atoms with Crippen molar-refractivity contribution < 1.29 is 21.6 Å². The molecule has 2 aromatic rings. The van der Waals surface area contributed by atoms with E-state index >= 15 is 0 Å². The molecule has 1 amide bonds. The Kier molecular flexibility index (Phi) is 5.35. The summed E-state index contributed by atoms with van der Waals surface area (Å²) >= 11 is 0. The number of amides is 1. The monoisotopic (exact) mass is 423 g/mol. The fraction of sp³-hybridized carbons (Fsp3) is 0.278. The summed E-state index contributed by atoms with van der Waals surface area (Å²) in [4.78, 5) is 11.1. The van der Waals surface area contributed by atoms with Gasteiger partial charge in [0.15, 0.2) is 0 Å². The minimum Gasteiger partial charge on any atom is -0.326 e. The molecule has 0 bridgehead atoms. The number of hydrogen-bond donors (Lipinski definition) is 2. The van der Waals surface area contributed by atoms with E-state index in [1.807, 2.05) is 0 Å². The van der Waals surface area contributed by atoms with Crippen LogP contribution < -0.4 is 14.3 Å². The molecule has 1 aliphatic rings. The number of aryl methyl sites for hydroxylation is 1. The lowest BCUT2D eigenvalue weighted by Gasteiger charge is -2.29. The molecule has 0 spiro atoms. The summed E-state index contributed by atoms with van der Waals surface area (Å²) in [5, 5.41) is 2.57. The lowest BCUT2D eigenvalue weighted by atomic mass is 10.0. The zero-order valence-electron chi connectivity index (χ0n) is 15.5. The molecular weight excluding hydrogens is 402 g/mol. The average Bonchev–Trinajstić information content (AvgIpc) is 2.60. The summed E-state index contributed by atoms with van der Waals surface area (Å²) in [5.41, 5.74) is 2.12. The molecule has 0 saturated heterocycles. The molecular formula is C18H21N3O5S2. The Morgan fingerprint density at radius 1 is 1.00 bits per heavy atom. The van der Waals surface area contributed by atoms with Crippen molar-refractivity contribution in [3.63, 3.8) is 0 Å². The van der Waals surface area contributed by atoms with Crippen LogP contribution in [0.3, 0.4) is 0 Å². The van der Waals surface area contributed by atoms with Crippen molar-refractivity contribution in [2.75, 3.05) is 27.1 Å². The fourth-order valence-corrected chi connectivity index (χ4v) is 5.12. The molecule has 8 nitrogen and oxygen atoms in total. The number of benzene rings is 2. The van der Waals surface area contributed by atoms with Crippen LogP contribution in [-0.4, -0.2) is 35.5 Å². The van der Waals surface area contributed by atoms with Gasteiger partial charge in [-0.3, -0.25) is 13.8 Å². The van der Waals surface area contributed by atoms with Crippen LogP contribution in [-0.2, 0) is 31.3 Å². The van der Waals surface area contributed by atoms with Gasteiger partial charge in [0.2, 0.25) is 15.9 Å². The van der Waals surface area contributed by atoms with Crippen molar-refractivity contribution >= 4 is 43.0 Å². The van der Waals surface area contributed by atoms with Crippen molar-refractivity contribution in [1.82, 2.24) is 0 Å². The molecule has 0 unspecified atom stereocenters. The summed E-state index contributed by atoms with van der Waals surface area (Å²) in [7, 11) is -7.31. The smallest absolute Gasteiger partial charge is 0.261 e. The van der Waals surface area contributed by atoms with Crippen molar-refractivity contribution in [1.29, 1.82) is 0 Å². The minimum atomic E-state index is -3.87. The zero-order chi connectivity index (χ0) is 20.5. The van der Waals surface area contributed by atoms with E-state index in [1.54, 1.807) is 18.2 Å². The van der Waals surface area contributed by atoms with Crippen molar-refractivity contribution in [2.45, 2.75) is 24.7 Å². The molecule has 1 aliphatic heterocycles. The molecule has 0 aromatic heterocycles. The van der Waals surface area contributed by atoms with Crippen LogP contribution in [0.25, 0.3) is 0 Å². The maximum Gasteiger partial charge on any atom is 0.261 e. The summed E-state index contributed by atoms with van der Waals surface area (Å²) < 4.78 is 53.1. The van der Waals surface area contributed by atoms with Gasteiger partial charge >= 0.3 is 0 Å². The highest BCUT2D eigenvalue weighted by Crippen LogP contribution is 2.32. The van der Waals surface area contributed by atoms with Crippen LogP contribution in [0, 0.1) is 0 Å². The second kappa shape index (κ2) is 7.44. The molecule has 3 rings (SSSR count). The number of nitrogens with zero attached hydrogens (tertiary/aromatic N) is 1. The highest BCUT2D eigenvalue weighted by Gasteiger charge is 2.25. The third kappa shape index (κ3) is 4.45. The predicted octanol–water partition coefficient (Wildman–Crippen LogP) is 2.16. The Morgan fingerprint density at radius 2 is 1.64 bits per heavy atom. The van der Waals surface area contributed by atoms with Gasteiger partial charge in [0.05, 0.1) is 22.5 Å². The third-order valence-electron chi connectivity index (χ3n) is 4.30. The first-order valence-electron chi connectivity index (χ1n) is 8.57. The van der Waals surface area contributed by atoms with Gasteiger partial charge in [-0.05, 0) is 54.8 Å². The second-order valence-corrected chi connectivity index (χ2v) is 10.2. The number of carbonyl (C=O) groups is 1. The summed E-state index contributed by atoms with van der Waals surface area (Å²) in [5.74, 6) is -0.252. The van der Waals surface area contributed by atoms with E-state index in [9.17, 15) is 21.6 Å². The fourth-order valence-electron chi connectivity index (χ4n) is 3.08. The van der Waals surface area contributed by atoms with Gasteiger partial charge < -0.3 is 5.32 Å². The van der Waals surface area contributed by atoms with Gasteiger partial charge in [-0.15, -0.1) is 0 Å². The molecule has 0 fully saturated rings. The number of hydrogen-bond acceptors (Lipinski definition) is 5. The van der Waals surface area contributed by atoms with Crippen LogP contribution in [0.2, 0.25) is 0 Å². The number of carbonyl (C=O) groups excluding carboxylic acids is 1. The summed E-state index contributed by atoms with van der Waals surface area (Å²) in [6.45, 7) is 1.73. The molecule has 1 heterocycles. The number of rotatable bonds is 5. The Labute approximate surface area is 164 Å². The van der Waals surface area contributed by atoms with Gasteiger partial charge in [0, 0.05) is 19.2 Å². The molecule has 0 radical (unpaired) electrons. The largest absolute Gasteiger partial charge is 0.326 e. The number of nitrogens with one attached hydrogen (secondary N) is 2. The second-order valence-electron chi connectivity index (χ2n) is 6.59. The summed E-state index contributed by atoms with van der Waals surface area (Å²) in [6, 6.07) is 10.7. The average molecular weight is 424 g/mol. The SMILES string of the molecule is CC(=O)Nc1ccc(S(=O)(=O)Nc2ccc3c(c2)N(S(C)(=O)=O)CCC3)cc1. The highest BCUT2D eigenvalue weighted by atomic mass is 32.2. The first-order chi connectivity index (χ1) is 13.1. The maximum atomic E-state index is 12.7. The first-order valence-corrected chi connectivity index (χ1v) is 11.9. The standard InChI is InChI=1S/C18H21N3O5S2/c1-13(22)19-15-7-9-17(10-8-15)28(25,26)20-16-6-5-14-4-3-11-21(18(14)12-16)27(2,23)24/h5-10,12,20H,3-4,11H2,1-2H3,(H,19,22).